The second-order valence-corrected chi connectivity index (χ2v) is 3.47. The number of hydrogen-bond donors (Lipinski definition) is 1. The van der Waals surface area contributed by atoms with E-state index in [0.29, 0.717) is 6.42 Å². The van der Waals surface area contributed by atoms with Gasteiger partial charge < -0.3 is 9.84 Å². The van der Waals surface area contributed by atoms with E-state index in [0.717, 1.165) is 11.6 Å². The van der Waals surface area contributed by atoms with Crippen molar-refractivity contribution in [3.8, 4) is 0 Å². The zero-order valence-electron chi connectivity index (χ0n) is 9.55. The van der Waals surface area contributed by atoms with Crippen molar-refractivity contribution in [2.24, 2.45) is 0 Å². The lowest BCUT2D eigenvalue weighted by atomic mass is 10.1. The third kappa shape index (κ3) is 4.51. The molecule has 4 nitrogen and oxygen atoms in total. The van der Waals surface area contributed by atoms with Gasteiger partial charge in [0.1, 0.15) is 0 Å². The summed E-state index contributed by atoms with van der Waals surface area (Å²) >= 11 is 0. The lowest BCUT2D eigenvalue weighted by molar-refractivity contribution is -0.136. The van der Waals surface area contributed by atoms with Gasteiger partial charge in [-0.25, -0.2) is 4.79 Å². The van der Waals surface area contributed by atoms with Crippen LogP contribution in [0.3, 0.4) is 0 Å². The van der Waals surface area contributed by atoms with Gasteiger partial charge in [0.05, 0.1) is 7.11 Å². The van der Waals surface area contributed by atoms with Crippen LogP contribution in [0.5, 0.6) is 0 Å². The molecule has 17 heavy (non-hydrogen) atoms. The van der Waals surface area contributed by atoms with Crippen LogP contribution in [0.25, 0.3) is 0 Å². The van der Waals surface area contributed by atoms with Gasteiger partial charge in [-0.1, -0.05) is 30.3 Å². The number of allylic oxidation sites excluding steroid dienone is 1. The fraction of sp³-hybridized carbons (Fsp3) is 0.231. The summed E-state index contributed by atoms with van der Waals surface area (Å²) in [6.45, 7) is 0. The van der Waals surface area contributed by atoms with Gasteiger partial charge >= 0.3 is 5.97 Å². The number of hydrogen-bond acceptors (Lipinski definition) is 3. The Balaban J connectivity index is 2.53. The predicted octanol–water partition coefficient (Wildman–Crippen LogP) is 1.80. The Morgan fingerprint density at radius 2 is 1.94 bits per heavy atom. The van der Waals surface area contributed by atoms with E-state index in [2.05, 4.69) is 4.74 Å². The number of methoxy groups -OCH3 is 1. The van der Waals surface area contributed by atoms with Gasteiger partial charge in [-0.3, -0.25) is 4.79 Å². The largest absolute Gasteiger partial charge is 0.490 e. The molecule has 0 amide bonds. The molecule has 1 aromatic carbocycles. The summed E-state index contributed by atoms with van der Waals surface area (Å²) in [6, 6.07) is 9.54. The van der Waals surface area contributed by atoms with Gasteiger partial charge in [0.25, 0.3) is 0 Å². The summed E-state index contributed by atoms with van der Waals surface area (Å²) in [5, 5.41) is 8.66. The summed E-state index contributed by atoms with van der Waals surface area (Å²) in [6.07, 6.45) is 1.88. The number of carbonyl (C=O) groups excluding carboxylic acids is 1. The quantitative estimate of drug-likeness (QED) is 0.602. The lowest BCUT2D eigenvalue weighted by Crippen LogP contribution is -2.06. The van der Waals surface area contributed by atoms with Gasteiger partial charge in [0, 0.05) is 12.5 Å². The molecule has 0 aliphatic rings. The first-order valence-corrected chi connectivity index (χ1v) is 5.19. The summed E-state index contributed by atoms with van der Waals surface area (Å²) in [4.78, 5) is 22.1. The first-order valence-electron chi connectivity index (χ1n) is 5.19. The first kappa shape index (κ1) is 13.0. The van der Waals surface area contributed by atoms with Gasteiger partial charge in [-0.2, -0.15) is 0 Å². The Morgan fingerprint density at radius 1 is 1.29 bits per heavy atom. The highest BCUT2D eigenvalue weighted by Gasteiger charge is 2.09. The normalized spacial score (nSPS) is 11.0. The number of aryl methyl sites for hydroxylation is 1. The SMILES string of the molecule is CO/C(=C\C(=O)CCc1ccccc1)C(=O)O. The maximum atomic E-state index is 11.5. The van der Waals surface area contributed by atoms with E-state index in [9.17, 15) is 9.59 Å². The number of ether oxygens (including phenoxy) is 1. The zero-order valence-corrected chi connectivity index (χ0v) is 9.55. The molecule has 0 aromatic heterocycles. The van der Waals surface area contributed by atoms with Crippen LogP contribution in [0.2, 0.25) is 0 Å². The maximum Gasteiger partial charge on any atom is 0.371 e. The van der Waals surface area contributed by atoms with Crippen LogP contribution in [0.1, 0.15) is 12.0 Å². The number of carbonyl (C=O) groups is 2. The molecule has 0 saturated carbocycles. The van der Waals surface area contributed by atoms with E-state index in [1.54, 1.807) is 0 Å². The molecule has 0 radical (unpaired) electrons. The molecule has 0 saturated heterocycles. The zero-order chi connectivity index (χ0) is 12.7. The minimum Gasteiger partial charge on any atom is -0.490 e. The molecule has 0 aliphatic heterocycles. The van der Waals surface area contributed by atoms with Gasteiger partial charge in [-0.05, 0) is 12.0 Å². The van der Waals surface area contributed by atoms with Crippen molar-refractivity contribution in [2.45, 2.75) is 12.8 Å². The van der Waals surface area contributed by atoms with E-state index >= 15 is 0 Å². The van der Waals surface area contributed by atoms with Crippen LogP contribution in [-0.2, 0) is 20.7 Å². The smallest absolute Gasteiger partial charge is 0.371 e. The number of ketones is 1. The molecular formula is C13H14O4. The van der Waals surface area contributed by atoms with E-state index < -0.39 is 5.97 Å². The molecule has 1 aromatic rings. The average Bonchev–Trinajstić information content (AvgIpc) is 2.34. The van der Waals surface area contributed by atoms with E-state index in [1.165, 1.54) is 7.11 Å². The summed E-state index contributed by atoms with van der Waals surface area (Å²) in [5.41, 5.74) is 1.04. The Bertz CT molecular complexity index is 420. The molecule has 4 heteroatoms. The van der Waals surface area contributed by atoms with E-state index in [1.807, 2.05) is 30.3 Å². The van der Waals surface area contributed by atoms with Crippen LogP contribution in [0.15, 0.2) is 42.2 Å². The van der Waals surface area contributed by atoms with Crippen molar-refractivity contribution in [1.82, 2.24) is 0 Å². The molecule has 0 aliphatic carbocycles. The first-order chi connectivity index (χ1) is 8.13. The Morgan fingerprint density at radius 3 is 2.47 bits per heavy atom. The molecule has 0 bridgehead atoms. The summed E-state index contributed by atoms with van der Waals surface area (Å²) in [5.74, 6) is -1.82. The number of carboxylic acids is 1. The van der Waals surface area contributed by atoms with Crippen LogP contribution in [0.4, 0.5) is 0 Å². The minimum absolute atomic E-state index is 0.256. The van der Waals surface area contributed by atoms with Gasteiger partial charge in [0.15, 0.2) is 5.78 Å². The second kappa shape index (κ2) is 6.48. The number of rotatable bonds is 6. The van der Waals surface area contributed by atoms with Crippen molar-refractivity contribution in [3.63, 3.8) is 0 Å². The number of carboxylic acid groups (broad SMARTS) is 1. The highest BCUT2D eigenvalue weighted by Crippen LogP contribution is 2.04. The number of benzene rings is 1. The molecule has 0 fully saturated rings. The van der Waals surface area contributed by atoms with Gasteiger partial charge in [0.2, 0.25) is 5.76 Å². The van der Waals surface area contributed by atoms with Crippen LogP contribution < -0.4 is 0 Å². The molecule has 90 valence electrons. The lowest BCUT2D eigenvalue weighted by Gasteiger charge is -2.00. The molecule has 1 N–H and O–H groups in total. The Labute approximate surface area is 99.5 Å². The standard InChI is InChI=1S/C13H14O4/c1-17-12(13(15)16)9-11(14)8-7-10-5-3-2-4-6-10/h2-6,9H,7-8H2,1H3,(H,15,16)/b12-9-. The third-order valence-corrected chi connectivity index (χ3v) is 2.23. The molecule has 1 rings (SSSR count). The van der Waals surface area contributed by atoms with Gasteiger partial charge in [-0.15, -0.1) is 0 Å². The fourth-order valence-corrected chi connectivity index (χ4v) is 1.34. The van der Waals surface area contributed by atoms with E-state index in [4.69, 9.17) is 5.11 Å². The summed E-state index contributed by atoms with van der Waals surface area (Å²) in [7, 11) is 1.23. The Hall–Kier alpha value is -2.10. The minimum atomic E-state index is -1.24. The predicted molar refractivity (Wildman–Crippen MR) is 62.5 cm³/mol. The second-order valence-electron chi connectivity index (χ2n) is 3.47. The highest BCUT2D eigenvalue weighted by molar-refractivity contribution is 5.97. The molecule has 0 spiro atoms. The van der Waals surface area contributed by atoms with Crippen molar-refractivity contribution in [3.05, 3.63) is 47.7 Å². The molecule has 0 unspecified atom stereocenters. The summed E-state index contributed by atoms with van der Waals surface area (Å²) < 4.78 is 4.58. The van der Waals surface area contributed by atoms with Crippen LogP contribution in [-0.4, -0.2) is 24.0 Å². The third-order valence-electron chi connectivity index (χ3n) is 2.23. The van der Waals surface area contributed by atoms with Crippen LogP contribution >= 0.6 is 0 Å². The fourth-order valence-electron chi connectivity index (χ4n) is 1.34. The Kier molecular flexibility index (Phi) is 4.94. The monoisotopic (exact) mass is 234 g/mol. The van der Waals surface area contributed by atoms with Crippen molar-refractivity contribution >= 4 is 11.8 Å². The average molecular weight is 234 g/mol. The van der Waals surface area contributed by atoms with Crippen LogP contribution in [0, 0.1) is 0 Å². The molecular weight excluding hydrogens is 220 g/mol. The molecule has 0 atom stereocenters. The highest BCUT2D eigenvalue weighted by atomic mass is 16.5. The van der Waals surface area contributed by atoms with Crippen molar-refractivity contribution in [1.29, 1.82) is 0 Å². The maximum absolute atomic E-state index is 11.5. The number of aliphatic carboxylic acids is 1. The van der Waals surface area contributed by atoms with Crippen molar-refractivity contribution < 1.29 is 19.4 Å². The van der Waals surface area contributed by atoms with E-state index in [-0.39, 0.29) is 18.0 Å². The topological polar surface area (TPSA) is 63.6 Å². The molecule has 0 heterocycles. The van der Waals surface area contributed by atoms with Crippen molar-refractivity contribution in [2.75, 3.05) is 7.11 Å².